The predicted octanol–water partition coefficient (Wildman–Crippen LogP) is 3.83. The number of aryl methyl sites for hydroxylation is 2. The smallest absolute Gasteiger partial charge is 0.131 e. The molecule has 2 aliphatic rings. The van der Waals surface area contributed by atoms with Gasteiger partial charge in [-0.05, 0) is 50.2 Å². The van der Waals surface area contributed by atoms with E-state index in [1.54, 1.807) is 0 Å². The highest BCUT2D eigenvalue weighted by atomic mass is 14.9. The second-order valence-corrected chi connectivity index (χ2v) is 6.75. The fraction of sp³-hybridized carbons (Fsp3) is 0.474. The third-order valence-corrected chi connectivity index (χ3v) is 4.84. The Hall–Kier alpha value is -1.74. The zero-order valence-electron chi connectivity index (χ0n) is 13.2. The highest BCUT2D eigenvalue weighted by Gasteiger charge is 2.26. The summed E-state index contributed by atoms with van der Waals surface area (Å²) in [5.74, 6) is 1.66. The van der Waals surface area contributed by atoms with Gasteiger partial charge in [0.2, 0.25) is 0 Å². The van der Waals surface area contributed by atoms with E-state index < -0.39 is 0 Å². The number of rotatable bonds is 4. The van der Waals surface area contributed by atoms with Gasteiger partial charge in [-0.15, -0.1) is 0 Å². The van der Waals surface area contributed by atoms with Crippen molar-refractivity contribution in [3.05, 3.63) is 58.7 Å². The number of hydrogen-bond donors (Lipinski definition) is 1. The van der Waals surface area contributed by atoms with E-state index in [4.69, 9.17) is 0 Å². The highest BCUT2D eigenvalue weighted by Crippen LogP contribution is 2.37. The maximum absolute atomic E-state index is 4.51. The minimum Gasteiger partial charge on any atom is -0.306 e. The van der Waals surface area contributed by atoms with Crippen LogP contribution in [-0.4, -0.2) is 9.97 Å². The van der Waals surface area contributed by atoms with Gasteiger partial charge in [0.1, 0.15) is 5.82 Å². The largest absolute Gasteiger partial charge is 0.306 e. The van der Waals surface area contributed by atoms with Crippen LogP contribution in [0.5, 0.6) is 0 Å². The number of nitrogens with zero attached hydrogens (tertiary/aromatic N) is 2. The van der Waals surface area contributed by atoms with Crippen molar-refractivity contribution >= 4 is 0 Å². The molecule has 0 unspecified atom stereocenters. The Bertz CT molecular complexity index is 659. The van der Waals surface area contributed by atoms with Gasteiger partial charge in [0.15, 0.2) is 0 Å². The topological polar surface area (TPSA) is 37.8 Å². The van der Waals surface area contributed by atoms with Crippen LogP contribution in [0.25, 0.3) is 0 Å². The van der Waals surface area contributed by atoms with Crippen molar-refractivity contribution in [1.82, 2.24) is 15.3 Å². The van der Waals surface area contributed by atoms with Gasteiger partial charge in [-0.25, -0.2) is 9.97 Å². The van der Waals surface area contributed by atoms with E-state index in [-0.39, 0.29) is 0 Å². The average Bonchev–Trinajstić information content (AvgIpc) is 3.38. The second-order valence-electron chi connectivity index (χ2n) is 6.75. The molecule has 1 heterocycles. The number of fused-ring (bicyclic) bond motifs is 1. The minimum atomic E-state index is 0.465. The number of nitrogens with one attached hydrogen (secondary N) is 1. The van der Waals surface area contributed by atoms with Crippen molar-refractivity contribution in [2.45, 2.75) is 57.5 Å². The lowest BCUT2D eigenvalue weighted by Gasteiger charge is -2.27. The first-order valence-electron chi connectivity index (χ1n) is 8.43. The van der Waals surface area contributed by atoms with Gasteiger partial charge in [-0.3, -0.25) is 0 Å². The zero-order chi connectivity index (χ0) is 14.9. The molecule has 1 aromatic heterocycles. The van der Waals surface area contributed by atoms with Gasteiger partial charge in [-0.2, -0.15) is 0 Å². The van der Waals surface area contributed by atoms with Crippen molar-refractivity contribution in [1.29, 1.82) is 0 Å². The third kappa shape index (κ3) is 2.91. The van der Waals surface area contributed by atoms with Crippen LogP contribution >= 0.6 is 0 Å². The molecule has 1 saturated carbocycles. The quantitative estimate of drug-likeness (QED) is 0.931. The molecule has 0 bridgehead atoms. The molecule has 1 atom stereocenters. The fourth-order valence-corrected chi connectivity index (χ4v) is 3.38. The first-order chi connectivity index (χ1) is 10.8. The summed E-state index contributed by atoms with van der Waals surface area (Å²) in [6.45, 7) is 3.03. The molecule has 114 valence electrons. The molecular formula is C19H23N3. The summed E-state index contributed by atoms with van der Waals surface area (Å²) in [6.07, 6.45) is 10.2. The molecule has 0 saturated heterocycles. The van der Waals surface area contributed by atoms with Crippen LogP contribution in [0.2, 0.25) is 0 Å². The van der Waals surface area contributed by atoms with Gasteiger partial charge >= 0.3 is 0 Å². The van der Waals surface area contributed by atoms with E-state index in [2.05, 4.69) is 40.4 Å². The Balaban J connectivity index is 1.44. The molecule has 2 aliphatic carbocycles. The van der Waals surface area contributed by atoms with Crippen molar-refractivity contribution in [2.24, 2.45) is 0 Å². The molecule has 0 amide bonds. The lowest BCUT2D eigenvalue weighted by Crippen LogP contribution is -2.25. The van der Waals surface area contributed by atoms with Crippen LogP contribution in [0.1, 0.15) is 65.7 Å². The van der Waals surface area contributed by atoms with Gasteiger partial charge in [0.25, 0.3) is 0 Å². The maximum Gasteiger partial charge on any atom is 0.131 e. The van der Waals surface area contributed by atoms with E-state index in [1.165, 1.54) is 54.4 Å². The molecule has 3 nitrogen and oxygen atoms in total. The van der Waals surface area contributed by atoms with Crippen molar-refractivity contribution in [3.63, 3.8) is 0 Å². The summed E-state index contributed by atoms with van der Waals surface area (Å²) in [6, 6.07) is 7.34. The lowest BCUT2D eigenvalue weighted by atomic mass is 9.86. The predicted molar refractivity (Wildman–Crippen MR) is 87.7 cm³/mol. The summed E-state index contributed by atoms with van der Waals surface area (Å²) >= 11 is 0. The molecule has 4 rings (SSSR count). The van der Waals surface area contributed by atoms with Crippen molar-refractivity contribution in [3.8, 4) is 0 Å². The summed E-state index contributed by atoms with van der Waals surface area (Å²) in [7, 11) is 0. The van der Waals surface area contributed by atoms with Crippen LogP contribution < -0.4 is 5.32 Å². The SMILES string of the molecule is Cc1ccc2c(c1)[C@@H](NCc1cnc(C3CC3)nc1)CCC2. The van der Waals surface area contributed by atoms with Gasteiger partial charge < -0.3 is 5.32 Å². The average molecular weight is 293 g/mol. The highest BCUT2D eigenvalue weighted by molar-refractivity contribution is 5.35. The lowest BCUT2D eigenvalue weighted by molar-refractivity contribution is 0.458. The Labute approximate surface area is 132 Å². The summed E-state index contributed by atoms with van der Waals surface area (Å²) < 4.78 is 0. The zero-order valence-corrected chi connectivity index (χ0v) is 13.2. The monoisotopic (exact) mass is 293 g/mol. The molecule has 1 N–H and O–H groups in total. The Morgan fingerprint density at radius 3 is 2.73 bits per heavy atom. The van der Waals surface area contributed by atoms with E-state index in [9.17, 15) is 0 Å². The van der Waals surface area contributed by atoms with Crippen LogP contribution in [0.4, 0.5) is 0 Å². The molecule has 2 aromatic rings. The molecular weight excluding hydrogens is 270 g/mol. The summed E-state index contributed by atoms with van der Waals surface area (Å²) in [4.78, 5) is 9.02. The van der Waals surface area contributed by atoms with Crippen molar-refractivity contribution in [2.75, 3.05) is 0 Å². The number of benzene rings is 1. The molecule has 1 fully saturated rings. The van der Waals surface area contributed by atoms with Crippen LogP contribution in [-0.2, 0) is 13.0 Å². The fourth-order valence-electron chi connectivity index (χ4n) is 3.38. The van der Waals surface area contributed by atoms with E-state index in [0.717, 1.165) is 12.4 Å². The van der Waals surface area contributed by atoms with Crippen molar-refractivity contribution < 1.29 is 0 Å². The normalized spacial score (nSPS) is 20.7. The van der Waals surface area contributed by atoms with Crippen LogP contribution in [0, 0.1) is 6.92 Å². The Morgan fingerprint density at radius 1 is 1.14 bits per heavy atom. The minimum absolute atomic E-state index is 0.465. The molecule has 22 heavy (non-hydrogen) atoms. The number of hydrogen-bond acceptors (Lipinski definition) is 3. The van der Waals surface area contributed by atoms with E-state index in [0.29, 0.717) is 12.0 Å². The standard InChI is InChI=1S/C19H23N3/c1-13-5-6-15-3-2-4-18(17(15)9-13)20-10-14-11-21-19(22-12-14)16-7-8-16/h5-6,9,11-12,16,18,20H,2-4,7-8,10H2,1H3/t18-/m0/s1. The number of aromatic nitrogens is 2. The van der Waals surface area contributed by atoms with Crippen LogP contribution in [0.15, 0.2) is 30.6 Å². The third-order valence-electron chi connectivity index (χ3n) is 4.84. The van der Waals surface area contributed by atoms with Crippen LogP contribution in [0.3, 0.4) is 0 Å². The Morgan fingerprint density at radius 2 is 1.95 bits per heavy atom. The molecule has 0 aliphatic heterocycles. The first kappa shape index (κ1) is 13.9. The van der Waals surface area contributed by atoms with Gasteiger partial charge in [0.05, 0.1) is 0 Å². The summed E-state index contributed by atoms with van der Waals surface area (Å²) in [5.41, 5.74) is 5.53. The maximum atomic E-state index is 4.51. The van der Waals surface area contributed by atoms with E-state index in [1.807, 2.05) is 12.4 Å². The van der Waals surface area contributed by atoms with Gasteiger partial charge in [-0.1, -0.05) is 23.8 Å². The summed E-state index contributed by atoms with van der Waals surface area (Å²) in [5, 5.41) is 3.71. The molecule has 3 heteroatoms. The molecule has 1 aromatic carbocycles. The van der Waals surface area contributed by atoms with Gasteiger partial charge in [0, 0.05) is 36.5 Å². The molecule has 0 radical (unpaired) electrons. The molecule has 0 spiro atoms. The Kier molecular flexibility index (Phi) is 3.67. The second kappa shape index (κ2) is 5.81. The first-order valence-corrected chi connectivity index (χ1v) is 8.43. The van der Waals surface area contributed by atoms with E-state index >= 15 is 0 Å².